The molecule has 1 atom stereocenters. The number of ether oxygens (including phenoxy) is 2. The van der Waals surface area contributed by atoms with Crippen molar-refractivity contribution in [3.8, 4) is 29.1 Å². The fraction of sp³-hybridized carbons (Fsp3) is 0.300. The smallest absolute Gasteiger partial charge is 0.278 e. The molecule has 3 heterocycles. The second-order valence-corrected chi connectivity index (χ2v) is 6.61. The van der Waals surface area contributed by atoms with Crippen molar-refractivity contribution in [2.24, 2.45) is 0 Å². The number of nitrogens with zero attached hydrogens (tertiary/aromatic N) is 4. The highest BCUT2D eigenvalue weighted by Gasteiger charge is 2.27. The van der Waals surface area contributed by atoms with Gasteiger partial charge >= 0.3 is 0 Å². The first-order valence-corrected chi connectivity index (χ1v) is 8.94. The molecule has 1 fully saturated rings. The normalized spacial score (nSPS) is 16.2. The molecule has 2 aromatic heterocycles. The van der Waals surface area contributed by atoms with E-state index < -0.39 is 0 Å². The van der Waals surface area contributed by atoms with Gasteiger partial charge in [-0.25, -0.2) is 9.97 Å². The molecule has 1 unspecified atom stereocenters. The molecule has 1 N–H and O–H groups in total. The van der Waals surface area contributed by atoms with E-state index in [1.165, 1.54) is 7.11 Å². The van der Waals surface area contributed by atoms with E-state index in [0.717, 1.165) is 22.9 Å². The summed E-state index contributed by atoms with van der Waals surface area (Å²) in [6.07, 6.45) is 4.03. The van der Waals surface area contributed by atoms with Gasteiger partial charge < -0.3 is 19.4 Å². The highest BCUT2D eigenvalue weighted by molar-refractivity contribution is 5.97. The van der Waals surface area contributed by atoms with E-state index in [9.17, 15) is 10.1 Å². The lowest BCUT2D eigenvalue weighted by Gasteiger charge is -2.16. The maximum Gasteiger partial charge on any atom is 0.278 e. The van der Waals surface area contributed by atoms with Gasteiger partial charge in [-0.1, -0.05) is 12.1 Å². The first-order chi connectivity index (χ1) is 13.6. The minimum atomic E-state index is -0.135. The first kappa shape index (κ1) is 17.8. The summed E-state index contributed by atoms with van der Waals surface area (Å²) < 4.78 is 11.3. The maximum atomic E-state index is 11.5. The second kappa shape index (κ2) is 7.19. The minimum absolute atomic E-state index is 0.0376. The van der Waals surface area contributed by atoms with Crippen molar-refractivity contribution in [1.29, 1.82) is 5.26 Å². The quantitative estimate of drug-likeness (QED) is 0.749. The number of hydrogen-bond donors (Lipinski definition) is 1. The summed E-state index contributed by atoms with van der Waals surface area (Å²) in [6, 6.07) is 7.70. The van der Waals surface area contributed by atoms with Gasteiger partial charge in [0.1, 0.15) is 12.2 Å². The standard InChI is InChI=1S/C20H19N5O3/c1-12(26)25-7-6-14(11-25)28-19-20(27-2)24-17(10-23-19)16-9-22-18-13(8-21)4-3-5-15(16)18/h3-5,9-10,14,22H,6-7,11H2,1-2H3. The number of benzene rings is 1. The van der Waals surface area contributed by atoms with E-state index >= 15 is 0 Å². The summed E-state index contributed by atoms with van der Waals surface area (Å²) in [4.78, 5) is 25.3. The Hall–Kier alpha value is -3.60. The topological polar surface area (TPSA) is 104 Å². The van der Waals surface area contributed by atoms with Crippen molar-refractivity contribution in [1.82, 2.24) is 19.9 Å². The van der Waals surface area contributed by atoms with E-state index in [1.807, 2.05) is 12.1 Å². The molecule has 142 valence electrons. The minimum Gasteiger partial charge on any atom is -0.477 e. The van der Waals surface area contributed by atoms with Crippen LogP contribution in [0.1, 0.15) is 18.9 Å². The van der Waals surface area contributed by atoms with Crippen LogP contribution < -0.4 is 9.47 Å². The highest BCUT2D eigenvalue weighted by Crippen LogP contribution is 2.32. The number of nitrogens with one attached hydrogen (secondary N) is 1. The number of nitriles is 1. The molecule has 1 aromatic carbocycles. The number of methoxy groups -OCH3 is 1. The van der Waals surface area contributed by atoms with E-state index in [1.54, 1.807) is 30.3 Å². The average molecular weight is 377 g/mol. The van der Waals surface area contributed by atoms with E-state index in [0.29, 0.717) is 30.2 Å². The number of carbonyl (C=O) groups excluding carboxylic acids is 1. The van der Waals surface area contributed by atoms with Gasteiger partial charge in [0.05, 0.1) is 36.6 Å². The van der Waals surface area contributed by atoms with Crippen LogP contribution in [0.15, 0.2) is 30.6 Å². The van der Waals surface area contributed by atoms with Gasteiger partial charge in [-0.05, 0) is 6.07 Å². The van der Waals surface area contributed by atoms with Crippen molar-refractivity contribution < 1.29 is 14.3 Å². The fourth-order valence-corrected chi connectivity index (χ4v) is 3.43. The Labute approximate surface area is 161 Å². The van der Waals surface area contributed by atoms with Gasteiger partial charge in [0.2, 0.25) is 5.91 Å². The Morgan fingerprint density at radius 1 is 1.39 bits per heavy atom. The van der Waals surface area contributed by atoms with Gasteiger partial charge in [0, 0.05) is 37.0 Å². The molecule has 8 nitrogen and oxygen atoms in total. The number of likely N-dealkylation sites (tertiary alicyclic amines) is 1. The summed E-state index contributed by atoms with van der Waals surface area (Å²) in [5.74, 6) is 0.624. The molecule has 0 radical (unpaired) electrons. The van der Waals surface area contributed by atoms with Gasteiger partial charge in [-0.3, -0.25) is 4.79 Å². The monoisotopic (exact) mass is 377 g/mol. The molecule has 28 heavy (non-hydrogen) atoms. The number of amides is 1. The van der Waals surface area contributed by atoms with Crippen LogP contribution in [-0.4, -0.2) is 52.1 Å². The Morgan fingerprint density at radius 3 is 2.96 bits per heavy atom. The number of rotatable bonds is 4. The van der Waals surface area contributed by atoms with Crippen LogP contribution in [0.25, 0.3) is 22.2 Å². The molecule has 1 aliphatic rings. The molecular formula is C20H19N5O3. The van der Waals surface area contributed by atoms with Gasteiger partial charge in [-0.15, -0.1) is 0 Å². The van der Waals surface area contributed by atoms with Crippen LogP contribution in [0.3, 0.4) is 0 Å². The Morgan fingerprint density at radius 2 is 2.25 bits per heavy atom. The van der Waals surface area contributed by atoms with Crippen LogP contribution in [-0.2, 0) is 4.79 Å². The Kier molecular flexibility index (Phi) is 4.57. The summed E-state index contributed by atoms with van der Waals surface area (Å²) in [7, 11) is 1.51. The van der Waals surface area contributed by atoms with Crippen LogP contribution in [0, 0.1) is 11.3 Å². The third kappa shape index (κ3) is 3.11. The molecule has 8 heteroatoms. The third-order valence-corrected chi connectivity index (χ3v) is 4.88. The van der Waals surface area contributed by atoms with E-state index in [-0.39, 0.29) is 17.9 Å². The van der Waals surface area contributed by atoms with Crippen LogP contribution in [0.5, 0.6) is 11.8 Å². The lowest BCUT2D eigenvalue weighted by Crippen LogP contribution is -2.28. The number of aromatic nitrogens is 3. The van der Waals surface area contributed by atoms with Gasteiger partial charge in [0.25, 0.3) is 11.8 Å². The number of carbonyl (C=O) groups is 1. The van der Waals surface area contributed by atoms with E-state index in [2.05, 4.69) is 21.0 Å². The summed E-state index contributed by atoms with van der Waals surface area (Å²) in [5.41, 5.74) is 2.77. The number of para-hydroxylation sites is 1. The van der Waals surface area contributed by atoms with Crippen LogP contribution >= 0.6 is 0 Å². The summed E-state index contributed by atoms with van der Waals surface area (Å²) >= 11 is 0. The number of H-pyrrole nitrogens is 1. The largest absolute Gasteiger partial charge is 0.477 e. The maximum absolute atomic E-state index is 11.5. The molecule has 0 saturated carbocycles. The first-order valence-electron chi connectivity index (χ1n) is 8.94. The molecule has 1 amide bonds. The van der Waals surface area contributed by atoms with E-state index in [4.69, 9.17) is 9.47 Å². The highest BCUT2D eigenvalue weighted by atomic mass is 16.5. The third-order valence-electron chi connectivity index (χ3n) is 4.88. The van der Waals surface area contributed by atoms with Crippen molar-refractivity contribution >= 4 is 16.8 Å². The van der Waals surface area contributed by atoms with Crippen LogP contribution in [0.2, 0.25) is 0 Å². The Balaban J connectivity index is 1.63. The second-order valence-electron chi connectivity index (χ2n) is 6.61. The van der Waals surface area contributed by atoms with Crippen molar-refractivity contribution in [2.45, 2.75) is 19.4 Å². The molecule has 4 rings (SSSR count). The number of aromatic amines is 1. The summed E-state index contributed by atoms with van der Waals surface area (Å²) in [6.45, 7) is 2.75. The lowest BCUT2D eigenvalue weighted by atomic mass is 10.1. The molecule has 0 spiro atoms. The van der Waals surface area contributed by atoms with Crippen LogP contribution in [0.4, 0.5) is 0 Å². The molecule has 3 aromatic rings. The molecular weight excluding hydrogens is 358 g/mol. The fourth-order valence-electron chi connectivity index (χ4n) is 3.43. The molecule has 0 bridgehead atoms. The molecule has 0 aliphatic carbocycles. The average Bonchev–Trinajstić information content (AvgIpc) is 3.35. The van der Waals surface area contributed by atoms with Crippen molar-refractivity contribution in [3.63, 3.8) is 0 Å². The number of fused-ring (bicyclic) bond motifs is 1. The zero-order valence-corrected chi connectivity index (χ0v) is 15.6. The molecule has 1 aliphatic heterocycles. The van der Waals surface area contributed by atoms with Crippen molar-refractivity contribution in [2.75, 3.05) is 20.2 Å². The van der Waals surface area contributed by atoms with Gasteiger partial charge in [0.15, 0.2) is 0 Å². The predicted octanol–water partition coefficient (Wildman–Crippen LogP) is 2.50. The zero-order chi connectivity index (χ0) is 19.7. The number of hydrogen-bond acceptors (Lipinski definition) is 6. The van der Waals surface area contributed by atoms with Crippen molar-refractivity contribution in [3.05, 3.63) is 36.2 Å². The zero-order valence-electron chi connectivity index (χ0n) is 15.6. The SMILES string of the molecule is COc1nc(-c2c[nH]c3c(C#N)cccc23)cnc1OC1CCN(C(C)=O)C1. The summed E-state index contributed by atoms with van der Waals surface area (Å²) in [5, 5.41) is 10.1. The molecule has 1 saturated heterocycles. The van der Waals surface area contributed by atoms with Gasteiger partial charge in [-0.2, -0.15) is 5.26 Å². The lowest BCUT2D eigenvalue weighted by molar-refractivity contribution is -0.128. The predicted molar refractivity (Wildman–Crippen MR) is 102 cm³/mol. The Bertz CT molecular complexity index is 1090.